The van der Waals surface area contributed by atoms with Crippen molar-refractivity contribution < 1.29 is 9.90 Å². The lowest BCUT2D eigenvalue weighted by molar-refractivity contribution is 0.0919. The van der Waals surface area contributed by atoms with Crippen LogP contribution in [0.25, 0.3) is 0 Å². The minimum Gasteiger partial charge on any atom is -0.394 e. The highest BCUT2D eigenvalue weighted by atomic mass is 32.1. The van der Waals surface area contributed by atoms with E-state index in [4.69, 9.17) is 5.11 Å². The zero-order valence-corrected chi connectivity index (χ0v) is 8.04. The van der Waals surface area contributed by atoms with Crippen LogP contribution in [0.4, 0.5) is 0 Å². The van der Waals surface area contributed by atoms with Crippen LogP contribution in [-0.4, -0.2) is 33.2 Å². The molecular weight excluding hydrogens is 190 g/mol. The van der Waals surface area contributed by atoms with E-state index in [2.05, 4.69) is 14.9 Å². The molecule has 1 aromatic heterocycles. The van der Waals surface area contributed by atoms with Gasteiger partial charge >= 0.3 is 0 Å². The molecule has 13 heavy (non-hydrogen) atoms. The van der Waals surface area contributed by atoms with Crippen molar-refractivity contribution >= 4 is 17.4 Å². The zero-order chi connectivity index (χ0) is 9.68. The lowest BCUT2D eigenvalue weighted by atomic mass is 10.2. The van der Waals surface area contributed by atoms with E-state index in [1.807, 2.05) is 6.92 Å². The third-order valence-corrected chi connectivity index (χ3v) is 2.30. The second-order valence-corrected chi connectivity index (χ2v) is 3.33. The molecular formula is C7H11N3O2S. The average molecular weight is 201 g/mol. The second kappa shape index (κ2) is 4.88. The SMILES string of the molecule is CC[C@@H](CO)NC(=O)c1cnns1. The summed E-state index contributed by atoms with van der Waals surface area (Å²) in [6, 6.07) is -0.186. The van der Waals surface area contributed by atoms with Gasteiger partial charge in [0, 0.05) is 0 Å². The molecule has 1 heterocycles. The highest BCUT2D eigenvalue weighted by Crippen LogP contribution is 2.02. The van der Waals surface area contributed by atoms with Crippen LogP contribution in [0.5, 0.6) is 0 Å². The highest BCUT2D eigenvalue weighted by Gasteiger charge is 2.12. The van der Waals surface area contributed by atoms with Gasteiger partial charge < -0.3 is 10.4 Å². The number of rotatable bonds is 4. The standard InChI is InChI=1S/C7H11N3O2S/c1-2-5(4-11)9-7(12)6-3-8-10-13-6/h3,5,11H,2,4H2,1H3,(H,9,12)/t5-/m0/s1. The molecule has 0 aliphatic heterocycles. The molecule has 0 saturated carbocycles. The number of aliphatic hydroxyl groups excluding tert-OH is 1. The van der Waals surface area contributed by atoms with Crippen LogP contribution in [-0.2, 0) is 0 Å². The van der Waals surface area contributed by atoms with Crippen LogP contribution in [0.3, 0.4) is 0 Å². The Hall–Kier alpha value is -1.01. The van der Waals surface area contributed by atoms with Crippen LogP contribution in [0.2, 0.25) is 0 Å². The smallest absolute Gasteiger partial charge is 0.264 e. The molecule has 0 aliphatic rings. The Bertz CT molecular complexity index is 259. The first-order valence-electron chi connectivity index (χ1n) is 3.97. The van der Waals surface area contributed by atoms with Gasteiger partial charge in [0.05, 0.1) is 18.8 Å². The minimum absolute atomic E-state index is 0.0472. The van der Waals surface area contributed by atoms with E-state index in [1.165, 1.54) is 6.20 Å². The van der Waals surface area contributed by atoms with Crippen LogP contribution >= 0.6 is 11.5 Å². The summed E-state index contributed by atoms with van der Waals surface area (Å²) < 4.78 is 3.57. The van der Waals surface area contributed by atoms with Crippen LogP contribution in [0.15, 0.2) is 6.20 Å². The zero-order valence-electron chi connectivity index (χ0n) is 7.23. The molecule has 0 unspecified atom stereocenters. The molecule has 0 aromatic carbocycles. The van der Waals surface area contributed by atoms with Gasteiger partial charge in [-0.15, -0.1) is 5.10 Å². The predicted molar refractivity (Wildman–Crippen MR) is 48.5 cm³/mol. The lowest BCUT2D eigenvalue weighted by Gasteiger charge is -2.12. The summed E-state index contributed by atoms with van der Waals surface area (Å²) in [5.41, 5.74) is 0. The number of aliphatic hydroxyl groups is 1. The molecule has 0 aliphatic carbocycles. The molecule has 2 N–H and O–H groups in total. The number of nitrogens with one attached hydrogen (secondary N) is 1. The number of carbonyl (C=O) groups excluding carboxylic acids is 1. The van der Waals surface area contributed by atoms with Gasteiger partial charge in [0.25, 0.3) is 5.91 Å². The lowest BCUT2D eigenvalue weighted by Crippen LogP contribution is -2.36. The van der Waals surface area contributed by atoms with Gasteiger partial charge in [0.2, 0.25) is 0 Å². The van der Waals surface area contributed by atoms with E-state index in [0.717, 1.165) is 11.5 Å². The van der Waals surface area contributed by atoms with E-state index >= 15 is 0 Å². The van der Waals surface area contributed by atoms with Gasteiger partial charge in [-0.25, -0.2) is 0 Å². The van der Waals surface area contributed by atoms with Crippen molar-refractivity contribution in [2.24, 2.45) is 0 Å². The van der Waals surface area contributed by atoms with Crippen molar-refractivity contribution in [3.05, 3.63) is 11.1 Å². The fourth-order valence-corrected chi connectivity index (χ4v) is 1.22. The molecule has 0 radical (unpaired) electrons. The van der Waals surface area contributed by atoms with Crippen molar-refractivity contribution in [3.63, 3.8) is 0 Å². The Morgan fingerprint density at radius 1 is 1.85 bits per heavy atom. The van der Waals surface area contributed by atoms with Crippen molar-refractivity contribution in [2.45, 2.75) is 19.4 Å². The fraction of sp³-hybridized carbons (Fsp3) is 0.571. The van der Waals surface area contributed by atoms with Crippen LogP contribution in [0, 0.1) is 0 Å². The molecule has 0 fully saturated rings. The largest absolute Gasteiger partial charge is 0.394 e. The molecule has 0 bridgehead atoms. The van der Waals surface area contributed by atoms with Gasteiger partial charge in [0.1, 0.15) is 4.88 Å². The third-order valence-electron chi connectivity index (χ3n) is 1.63. The second-order valence-electron chi connectivity index (χ2n) is 2.54. The van der Waals surface area contributed by atoms with E-state index in [0.29, 0.717) is 11.3 Å². The minimum atomic E-state index is -0.226. The Morgan fingerprint density at radius 2 is 2.62 bits per heavy atom. The quantitative estimate of drug-likeness (QED) is 0.721. The average Bonchev–Trinajstić information content (AvgIpc) is 2.66. The Balaban J connectivity index is 2.50. The molecule has 5 nitrogen and oxygen atoms in total. The molecule has 0 spiro atoms. The summed E-state index contributed by atoms with van der Waals surface area (Å²) in [4.78, 5) is 11.8. The van der Waals surface area contributed by atoms with Gasteiger partial charge in [-0.3, -0.25) is 4.79 Å². The summed E-state index contributed by atoms with van der Waals surface area (Å²) in [7, 11) is 0. The topological polar surface area (TPSA) is 75.1 Å². The number of carbonyl (C=O) groups is 1. The van der Waals surface area contributed by atoms with Crippen molar-refractivity contribution in [2.75, 3.05) is 6.61 Å². The normalized spacial score (nSPS) is 12.5. The van der Waals surface area contributed by atoms with Crippen molar-refractivity contribution in [1.82, 2.24) is 14.9 Å². The summed E-state index contributed by atoms with van der Waals surface area (Å²) in [5, 5.41) is 15.0. The van der Waals surface area contributed by atoms with Crippen LogP contribution in [0.1, 0.15) is 23.0 Å². The maximum Gasteiger partial charge on any atom is 0.264 e. The molecule has 1 atom stereocenters. The Morgan fingerprint density at radius 3 is 3.08 bits per heavy atom. The number of nitrogens with zero attached hydrogens (tertiary/aromatic N) is 2. The fourth-order valence-electron chi connectivity index (χ4n) is 0.801. The number of amides is 1. The van der Waals surface area contributed by atoms with Gasteiger partial charge in [0.15, 0.2) is 0 Å². The first-order chi connectivity index (χ1) is 6.27. The summed E-state index contributed by atoms with van der Waals surface area (Å²) >= 11 is 1.04. The molecule has 6 heteroatoms. The summed E-state index contributed by atoms with van der Waals surface area (Å²) in [6.07, 6.45) is 2.11. The Labute approximate surface area is 80.0 Å². The monoisotopic (exact) mass is 201 g/mol. The molecule has 72 valence electrons. The first-order valence-corrected chi connectivity index (χ1v) is 4.74. The molecule has 1 rings (SSSR count). The van der Waals surface area contributed by atoms with Gasteiger partial charge in [-0.05, 0) is 18.0 Å². The molecule has 1 amide bonds. The molecule has 0 saturated heterocycles. The number of aromatic nitrogens is 2. The molecule has 1 aromatic rings. The first kappa shape index (κ1) is 10.1. The maximum atomic E-state index is 11.3. The highest BCUT2D eigenvalue weighted by molar-refractivity contribution is 7.07. The van der Waals surface area contributed by atoms with Gasteiger partial charge in [-0.1, -0.05) is 11.4 Å². The predicted octanol–water partition coefficient (Wildman–Crippen LogP) is 0.0388. The third kappa shape index (κ3) is 2.74. The van der Waals surface area contributed by atoms with Crippen molar-refractivity contribution in [1.29, 1.82) is 0 Å². The van der Waals surface area contributed by atoms with E-state index in [-0.39, 0.29) is 18.6 Å². The number of hydrogen-bond donors (Lipinski definition) is 2. The summed E-state index contributed by atoms with van der Waals surface area (Å²) in [6.45, 7) is 1.85. The van der Waals surface area contributed by atoms with Crippen molar-refractivity contribution in [3.8, 4) is 0 Å². The van der Waals surface area contributed by atoms with Gasteiger partial charge in [-0.2, -0.15) is 0 Å². The maximum absolute atomic E-state index is 11.3. The Kier molecular flexibility index (Phi) is 3.78. The van der Waals surface area contributed by atoms with E-state index in [1.54, 1.807) is 0 Å². The van der Waals surface area contributed by atoms with Crippen LogP contribution < -0.4 is 5.32 Å². The van der Waals surface area contributed by atoms with E-state index in [9.17, 15) is 4.79 Å². The number of hydrogen-bond acceptors (Lipinski definition) is 5. The van der Waals surface area contributed by atoms with E-state index < -0.39 is 0 Å². The summed E-state index contributed by atoms with van der Waals surface area (Å²) in [5.74, 6) is -0.226.